The Bertz CT molecular complexity index is 1280. The molecule has 2 aromatic carbocycles. The number of aryl methyl sites for hydroxylation is 1. The minimum atomic E-state index is -4.92. The largest absolute Gasteiger partial charge is 0.573 e. The Hall–Kier alpha value is -3.31. The molecule has 1 heterocycles. The van der Waals surface area contributed by atoms with Crippen LogP contribution < -0.4 is 14.2 Å². The maximum Gasteiger partial charge on any atom is 0.573 e. The number of rotatable bonds is 6. The minimum Gasteiger partial charge on any atom is -0.406 e. The number of carbonyl (C=O) groups is 1. The Kier molecular flexibility index (Phi) is 6.33. The molecule has 0 unspecified atom stereocenters. The van der Waals surface area contributed by atoms with Crippen molar-refractivity contribution in [2.24, 2.45) is 0 Å². The van der Waals surface area contributed by atoms with E-state index in [-0.39, 0.29) is 26.7 Å². The van der Waals surface area contributed by atoms with Crippen molar-refractivity contribution in [3.63, 3.8) is 0 Å². The lowest BCUT2D eigenvalue weighted by atomic mass is 10.0. The Balaban J connectivity index is 1.93. The quantitative estimate of drug-likeness (QED) is 0.310. The highest BCUT2D eigenvalue weighted by Gasteiger charge is 2.31. The van der Waals surface area contributed by atoms with Gasteiger partial charge in [-0.25, -0.2) is 8.42 Å². The van der Waals surface area contributed by atoms with Crippen LogP contribution in [0.2, 0.25) is 5.02 Å². The van der Waals surface area contributed by atoms with Gasteiger partial charge in [0.1, 0.15) is 5.75 Å². The molecule has 0 aliphatic carbocycles. The third kappa shape index (κ3) is 5.48. The molecule has 0 radical (unpaired) electrons. The molecular weight excluding hydrogens is 473 g/mol. The first-order chi connectivity index (χ1) is 14.9. The van der Waals surface area contributed by atoms with Crippen molar-refractivity contribution in [3.8, 4) is 5.75 Å². The van der Waals surface area contributed by atoms with Crippen LogP contribution in [0.25, 0.3) is 0 Å². The Labute approximate surface area is 185 Å². The predicted octanol–water partition coefficient (Wildman–Crippen LogP) is 4.10. The number of hydrogen-bond donors (Lipinski definition) is 2. The number of sulfonamides is 1. The first-order valence-corrected chi connectivity index (χ1v) is 10.7. The summed E-state index contributed by atoms with van der Waals surface area (Å²) in [6.07, 6.45) is -3.75. The smallest absolute Gasteiger partial charge is 0.406 e. The summed E-state index contributed by atoms with van der Waals surface area (Å²) < 4.78 is 69.0. The number of nitrogens with zero attached hydrogens (tertiary/aromatic N) is 1. The van der Waals surface area contributed by atoms with Crippen LogP contribution in [0.4, 0.5) is 18.9 Å². The molecule has 0 aliphatic heterocycles. The predicted molar refractivity (Wildman–Crippen MR) is 107 cm³/mol. The van der Waals surface area contributed by atoms with Crippen LogP contribution in [0, 0.1) is 6.92 Å². The number of nitrogens with one attached hydrogen (secondary N) is 1. The van der Waals surface area contributed by atoms with Gasteiger partial charge < -0.3 is 4.74 Å². The monoisotopic (exact) mass is 487 g/mol. The fourth-order valence-electron chi connectivity index (χ4n) is 2.67. The van der Waals surface area contributed by atoms with Gasteiger partial charge in [-0.2, -0.15) is 0 Å². The molecule has 3 rings (SSSR count). The van der Waals surface area contributed by atoms with Crippen molar-refractivity contribution in [3.05, 3.63) is 82.6 Å². The zero-order valence-electron chi connectivity index (χ0n) is 16.2. The number of ether oxygens (including phenoxy) is 1. The SMILES string of the molecule is Cc1ccc(C(=O)c2cc(Cl)ccc2NS(=O)(=O)c2ccc(OC(F)(F)F)cc2)c[n+]1O. The normalized spacial score (nSPS) is 11.8. The zero-order chi connectivity index (χ0) is 23.7. The van der Waals surface area contributed by atoms with Crippen molar-refractivity contribution >= 4 is 33.1 Å². The summed E-state index contributed by atoms with van der Waals surface area (Å²) >= 11 is 5.97. The summed E-state index contributed by atoms with van der Waals surface area (Å²) in [7, 11) is -4.28. The minimum absolute atomic E-state index is 0.0643. The first-order valence-electron chi connectivity index (χ1n) is 8.80. The van der Waals surface area contributed by atoms with Gasteiger partial charge in [-0.15, -0.1) is 13.2 Å². The Morgan fingerprint density at radius 2 is 1.75 bits per heavy atom. The van der Waals surface area contributed by atoms with Gasteiger partial charge >= 0.3 is 6.36 Å². The molecule has 0 aliphatic rings. The van der Waals surface area contributed by atoms with Gasteiger partial charge in [0.25, 0.3) is 10.0 Å². The summed E-state index contributed by atoms with van der Waals surface area (Å²) in [5, 5.41) is 9.96. The second-order valence-corrected chi connectivity index (χ2v) is 8.67. The highest BCUT2D eigenvalue weighted by atomic mass is 35.5. The van der Waals surface area contributed by atoms with Crippen LogP contribution in [0.1, 0.15) is 21.6 Å². The van der Waals surface area contributed by atoms with Crippen molar-refractivity contribution < 1.29 is 41.1 Å². The number of anilines is 1. The lowest BCUT2D eigenvalue weighted by Gasteiger charge is -2.13. The Morgan fingerprint density at radius 1 is 1.09 bits per heavy atom. The lowest BCUT2D eigenvalue weighted by Crippen LogP contribution is -2.34. The van der Waals surface area contributed by atoms with E-state index >= 15 is 0 Å². The lowest BCUT2D eigenvalue weighted by molar-refractivity contribution is -0.908. The van der Waals surface area contributed by atoms with Gasteiger partial charge in [-0.05, 0) is 48.5 Å². The summed E-state index contributed by atoms with van der Waals surface area (Å²) in [6.45, 7) is 1.61. The van der Waals surface area contributed by atoms with Gasteiger partial charge in [-0.1, -0.05) is 11.6 Å². The first kappa shape index (κ1) is 23.4. The summed E-state index contributed by atoms with van der Waals surface area (Å²) in [6, 6.07) is 10.4. The van der Waals surface area contributed by atoms with Crippen LogP contribution in [-0.2, 0) is 10.0 Å². The van der Waals surface area contributed by atoms with E-state index < -0.39 is 27.9 Å². The van der Waals surface area contributed by atoms with Crippen LogP contribution in [-0.4, -0.2) is 25.8 Å². The highest BCUT2D eigenvalue weighted by Crippen LogP contribution is 2.28. The van der Waals surface area contributed by atoms with Crippen molar-refractivity contribution in [1.29, 1.82) is 0 Å². The van der Waals surface area contributed by atoms with E-state index in [0.29, 0.717) is 5.69 Å². The maximum absolute atomic E-state index is 12.9. The molecule has 3 aromatic rings. The summed E-state index contributed by atoms with van der Waals surface area (Å²) in [4.78, 5) is 12.6. The van der Waals surface area contributed by atoms with E-state index in [2.05, 4.69) is 9.46 Å². The van der Waals surface area contributed by atoms with E-state index in [4.69, 9.17) is 11.6 Å². The summed E-state index contributed by atoms with van der Waals surface area (Å²) in [5.74, 6) is -1.21. The number of alkyl halides is 3. The molecule has 0 saturated heterocycles. The van der Waals surface area contributed by atoms with Gasteiger partial charge in [-0.3, -0.25) is 14.7 Å². The molecule has 1 aromatic heterocycles. The summed E-state index contributed by atoms with van der Waals surface area (Å²) in [5.41, 5.74) is 0.322. The average molecular weight is 488 g/mol. The van der Waals surface area contributed by atoms with E-state index in [1.165, 1.54) is 30.3 Å². The number of pyridine rings is 1. The highest BCUT2D eigenvalue weighted by molar-refractivity contribution is 7.92. The maximum atomic E-state index is 12.9. The van der Waals surface area contributed by atoms with E-state index in [1.807, 2.05) is 0 Å². The zero-order valence-corrected chi connectivity index (χ0v) is 17.8. The van der Waals surface area contributed by atoms with Crippen molar-refractivity contribution in [2.45, 2.75) is 18.2 Å². The third-order valence-electron chi connectivity index (χ3n) is 4.23. The molecule has 0 amide bonds. The number of hydrogen-bond acceptors (Lipinski definition) is 5. The molecule has 0 spiro atoms. The third-order valence-corrected chi connectivity index (χ3v) is 5.84. The van der Waals surface area contributed by atoms with Gasteiger partial charge in [0, 0.05) is 28.3 Å². The second kappa shape index (κ2) is 8.67. The van der Waals surface area contributed by atoms with E-state index in [9.17, 15) is 31.6 Å². The molecule has 32 heavy (non-hydrogen) atoms. The van der Waals surface area contributed by atoms with Gasteiger partial charge in [0.15, 0.2) is 0 Å². The fraction of sp³-hybridized carbons (Fsp3) is 0.100. The molecule has 12 heteroatoms. The van der Waals surface area contributed by atoms with Crippen LogP contribution in [0.3, 0.4) is 0 Å². The van der Waals surface area contributed by atoms with Crippen molar-refractivity contribution in [2.75, 3.05) is 4.72 Å². The van der Waals surface area contributed by atoms with Crippen LogP contribution in [0.5, 0.6) is 5.75 Å². The van der Waals surface area contributed by atoms with E-state index in [0.717, 1.165) is 35.2 Å². The molecular formula is C20H15ClF3N2O5S+. The molecule has 0 fully saturated rings. The fourth-order valence-corrected chi connectivity index (χ4v) is 3.92. The number of carbonyl (C=O) groups excluding carboxylic acids is 1. The van der Waals surface area contributed by atoms with E-state index in [1.54, 1.807) is 6.92 Å². The number of ketones is 1. The number of benzene rings is 2. The molecule has 168 valence electrons. The molecule has 2 N–H and O–H groups in total. The van der Waals surface area contributed by atoms with Gasteiger partial charge in [0.05, 0.1) is 16.1 Å². The average Bonchev–Trinajstić information content (AvgIpc) is 2.70. The van der Waals surface area contributed by atoms with Crippen molar-refractivity contribution in [1.82, 2.24) is 0 Å². The number of aromatic nitrogens is 1. The molecule has 7 nitrogen and oxygen atoms in total. The van der Waals surface area contributed by atoms with Crippen LogP contribution >= 0.6 is 11.6 Å². The van der Waals surface area contributed by atoms with Gasteiger partial charge in [0.2, 0.25) is 17.7 Å². The topological polar surface area (TPSA) is 96.6 Å². The Morgan fingerprint density at radius 3 is 2.34 bits per heavy atom. The molecule has 0 atom stereocenters. The standard InChI is InChI=1S/C20H14ClF3N2O5S/c1-12-2-3-13(11-26(12)28)19(27)17-10-14(21)4-9-18(17)25-32(29,30)16-7-5-15(6-8-16)31-20(22,23)24/h2-11H,1H3,(H-,25,27,28)/p+1. The second-order valence-electron chi connectivity index (χ2n) is 6.55. The number of halogens is 4. The molecule has 0 saturated carbocycles. The van der Waals surface area contributed by atoms with Crippen LogP contribution in [0.15, 0.2) is 65.7 Å². The molecule has 0 bridgehead atoms.